The number of para-hydroxylation sites is 1. The quantitative estimate of drug-likeness (QED) is 0.881. The van der Waals surface area contributed by atoms with E-state index in [0.29, 0.717) is 0 Å². The first kappa shape index (κ1) is 12.9. The maximum Gasteiger partial charge on any atom is 0.469 e. The van der Waals surface area contributed by atoms with Gasteiger partial charge in [0.15, 0.2) is 0 Å². The second-order valence-electron chi connectivity index (χ2n) is 3.50. The molecule has 1 aromatic heterocycles. The van der Waals surface area contributed by atoms with E-state index in [0.717, 1.165) is 6.20 Å². The monoisotopic (exact) mass is 272 g/mol. The lowest BCUT2D eigenvalue weighted by atomic mass is 10.2. The van der Waals surface area contributed by atoms with Gasteiger partial charge in [-0.05, 0) is 12.1 Å². The molecule has 0 aliphatic heterocycles. The molecule has 1 heterocycles. The fourth-order valence-electron chi connectivity index (χ4n) is 1.31. The van der Waals surface area contributed by atoms with Gasteiger partial charge in [0.05, 0.1) is 11.8 Å². The van der Waals surface area contributed by atoms with Crippen LogP contribution in [0, 0.1) is 0 Å². The van der Waals surface area contributed by atoms with E-state index < -0.39 is 23.9 Å². The largest absolute Gasteiger partial charge is 0.507 e. The van der Waals surface area contributed by atoms with Crippen molar-refractivity contribution in [2.45, 2.75) is 6.18 Å². The second-order valence-corrected chi connectivity index (χ2v) is 3.50. The predicted octanol–water partition coefficient (Wildman–Crippen LogP) is 2.65. The first-order chi connectivity index (χ1) is 8.88. The Balaban J connectivity index is 2.16. The van der Waals surface area contributed by atoms with Crippen molar-refractivity contribution < 1.29 is 27.5 Å². The Morgan fingerprint density at radius 1 is 1.32 bits per heavy atom. The van der Waals surface area contributed by atoms with E-state index in [9.17, 15) is 23.1 Å². The number of aromatic nitrogens is 1. The van der Waals surface area contributed by atoms with Crippen LogP contribution >= 0.6 is 0 Å². The number of benzene rings is 1. The van der Waals surface area contributed by atoms with Crippen LogP contribution in [-0.2, 0) is 6.18 Å². The lowest BCUT2D eigenvalue weighted by Gasteiger charge is -2.03. The molecule has 1 aromatic carbocycles. The number of hydrogen-bond acceptors (Lipinski definition) is 4. The topological polar surface area (TPSA) is 75.4 Å². The van der Waals surface area contributed by atoms with Crippen LogP contribution in [0.15, 0.2) is 34.9 Å². The van der Waals surface area contributed by atoms with E-state index in [1.807, 2.05) is 0 Å². The van der Waals surface area contributed by atoms with Gasteiger partial charge in [-0.15, -0.1) is 0 Å². The van der Waals surface area contributed by atoms with Crippen LogP contribution < -0.4 is 5.32 Å². The summed E-state index contributed by atoms with van der Waals surface area (Å²) < 4.78 is 41.0. The zero-order valence-corrected chi connectivity index (χ0v) is 9.23. The zero-order chi connectivity index (χ0) is 14.0. The Morgan fingerprint density at radius 3 is 2.58 bits per heavy atom. The summed E-state index contributed by atoms with van der Waals surface area (Å²) in [6, 6.07) is 5.58. The summed E-state index contributed by atoms with van der Waals surface area (Å²) in [4.78, 5) is 14.6. The average Bonchev–Trinajstić information content (AvgIpc) is 2.77. The summed E-state index contributed by atoms with van der Waals surface area (Å²) in [5.74, 6) is -3.01. The molecule has 0 bridgehead atoms. The number of nitrogens with one attached hydrogen (secondary N) is 1. The summed E-state index contributed by atoms with van der Waals surface area (Å²) in [6.45, 7) is 0. The van der Waals surface area contributed by atoms with Crippen molar-refractivity contribution in [2.75, 3.05) is 5.32 Å². The van der Waals surface area contributed by atoms with Crippen molar-refractivity contribution in [3.63, 3.8) is 0 Å². The maximum atomic E-state index is 12.2. The number of phenolic OH excluding ortho intramolecular Hbond substituents is 1. The molecule has 0 atom stereocenters. The lowest BCUT2D eigenvalue weighted by molar-refractivity contribution is -0.156. The minimum absolute atomic E-state index is 0.0903. The van der Waals surface area contributed by atoms with Gasteiger partial charge in [0.1, 0.15) is 5.75 Å². The molecule has 2 rings (SSSR count). The van der Waals surface area contributed by atoms with Gasteiger partial charge >= 0.3 is 12.1 Å². The SMILES string of the molecule is O=C(Nc1cnc(C(F)(F)F)o1)c1ccccc1O. The van der Waals surface area contributed by atoms with Gasteiger partial charge in [-0.1, -0.05) is 12.1 Å². The standard InChI is InChI=1S/C11H7F3N2O3/c12-11(13,14)10-15-5-8(19-10)16-9(18)6-3-1-2-4-7(6)17/h1-5,17H,(H,16,18). The fourth-order valence-corrected chi connectivity index (χ4v) is 1.31. The van der Waals surface area contributed by atoms with Crippen LogP contribution in [0.3, 0.4) is 0 Å². The number of rotatable bonds is 2. The van der Waals surface area contributed by atoms with Crippen molar-refractivity contribution in [2.24, 2.45) is 0 Å². The number of carbonyl (C=O) groups is 1. The molecule has 1 amide bonds. The first-order valence-corrected chi connectivity index (χ1v) is 5.00. The zero-order valence-electron chi connectivity index (χ0n) is 9.23. The molecule has 0 saturated carbocycles. The van der Waals surface area contributed by atoms with Gasteiger partial charge in [-0.2, -0.15) is 13.2 Å². The van der Waals surface area contributed by atoms with E-state index in [2.05, 4.69) is 14.7 Å². The molecule has 0 fully saturated rings. The molecule has 100 valence electrons. The van der Waals surface area contributed by atoms with Crippen molar-refractivity contribution in [1.82, 2.24) is 4.98 Å². The lowest BCUT2D eigenvalue weighted by Crippen LogP contribution is -2.11. The summed E-state index contributed by atoms with van der Waals surface area (Å²) in [6.07, 6.45) is -3.99. The van der Waals surface area contributed by atoms with Gasteiger partial charge in [0.25, 0.3) is 5.91 Å². The Labute approximate surface area is 104 Å². The first-order valence-electron chi connectivity index (χ1n) is 5.00. The van der Waals surface area contributed by atoms with Crippen LogP contribution in [0.2, 0.25) is 0 Å². The summed E-state index contributed by atoms with van der Waals surface area (Å²) >= 11 is 0. The smallest absolute Gasteiger partial charge is 0.469 e. The molecule has 2 N–H and O–H groups in total. The molecule has 0 aliphatic carbocycles. The average molecular weight is 272 g/mol. The fraction of sp³-hybridized carbons (Fsp3) is 0.0909. The highest BCUT2D eigenvalue weighted by molar-refractivity contribution is 6.05. The number of oxazole rings is 1. The van der Waals surface area contributed by atoms with E-state index >= 15 is 0 Å². The van der Waals surface area contributed by atoms with Crippen molar-refractivity contribution in [1.29, 1.82) is 0 Å². The number of hydrogen-bond donors (Lipinski definition) is 2. The van der Waals surface area contributed by atoms with Gasteiger partial charge in [-0.3, -0.25) is 10.1 Å². The molecule has 5 nitrogen and oxygen atoms in total. The molecule has 0 spiro atoms. The number of amides is 1. The van der Waals surface area contributed by atoms with Gasteiger partial charge in [0, 0.05) is 0 Å². The molecular weight excluding hydrogens is 265 g/mol. The van der Waals surface area contributed by atoms with Gasteiger partial charge in [-0.25, -0.2) is 4.98 Å². The minimum atomic E-state index is -4.72. The molecule has 0 radical (unpaired) electrons. The number of halogens is 3. The minimum Gasteiger partial charge on any atom is -0.507 e. The molecule has 8 heteroatoms. The summed E-state index contributed by atoms with van der Waals surface area (Å²) in [5, 5.41) is 11.5. The number of carbonyl (C=O) groups excluding carboxylic acids is 1. The highest BCUT2D eigenvalue weighted by Gasteiger charge is 2.37. The third-order valence-corrected chi connectivity index (χ3v) is 2.13. The molecular formula is C11H7F3N2O3. The Hall–Kier alpha value is -2.51. The van der Waals surface area contributed by atoms with Crippen LogP contribution in [-0.4, -0.2) is 16.0 Å². The number of alkyl halides is 3. The Kier molecular flexibility index (Phi) is 3.16. The molecule has 0 aliphatic rings. The predicted molar refractivity (Wildman–Crippen MR) is 57.6 cm³/mol. The number of phenols is 1. The number of nitrogens with zero attached hydrogens (tertiary/aromatic N) is 1. The molecule has 0 unspecified atom stereocenters. The summed E-state index contributed by atoms with van der Waals surface area (Å²) in [7, 11) is 0. The molecule has 19 heavy (non-hydrogen) atoms. The number of aromatic hydroxyl groups is 1. The molecule has 0 saturated heterocycles. The van der Waals surface area contributed by atoms with E-state index in [-0.39, 0.29) is 11.3 Å². The van der Waals surface area contributed by atoms with Gasteiger partial charge in [0.2, 0.25) is 5.88 Å². The Morgan fingerprint density at radius 2 is 2.00 bits per heavy atom. The summed E-state index contributed by atoms with van der Waals surface area (Å²) in [5.41, 5.74) is -0.0903. The highest BCUT2D eigenvalue weighted by atomic mass is 19.4. The number of anilines is 1. The second kappa shape index (κ2) is 4.63. The van der Waals surface area contributed by atoms with Crippen LogP contribution in [0.1, 0.15) is 16.2 Å². The molecule has 2 aromatic rings. The third-order valence-electron chi connectivity index (χ3n) is 2.13. The van der Waals surface area contributed by atoms with Crippen LogP contribution in [0.5, 0.6) is 5.75 Å². The van der Waals surface area contributed by atoms with Crippen LogP contribution in [0.25, 0.3) is 0 Å². The normalized spacial score (nSPS) is 11.3. The van der Waals surface area contributed by atoms with E-state index in [4.69, 9.17) is 0 Å². The van der Waals surface area contributed by atoms with E-state index in [1.54, 1.807) is 0 Å². The van der Waals surface area contributed by atoms with Crippen molar-refractivity contribution in [3.8, 4) is 5.75 Å². The maximum absolute atomic E-state index is 12.2. The van der Waals surface area contributed by atoms with Crippen LogP contribution in [0.4, 0.5) is 19.1 Å². The van der Waals surface area contributed by atoms with Crippen molar-refractivity contribution in [3.05, 3.63) is 41.9 Å². The van der Waals surface area contributed by atoms with Gasteiger partial charge < -0.3 is 9.52 Å². The Bertz CT molecular complexity index is 607. The highest BCUT2D eigenvalue weighted by Crippen LogP contribution is 2.30. The van der Waals surface area contributed by atoms with Crippen molar-refractivity contribution >= 4 is 11.8 Å². The third kappa shape index (κ3) is 2.84. The van der Waals surface area contributed by atoms with E-state index in [1.165, 1.54) is 24.3 Å².